The number of imide groups is 1. The lowest BCUT2D eigenvalue weighted by Crippen LogP contribution is -2.52. The molecule has 1 aromatic rings. The second-order valence-corrected chi connectivity index (χ2v) is 7.67. The van der Waals surface area contributed by atoms with Crippen molar-refractivity contribution in [2.45, 2.75) is 76.8 Å². The molecule has 0 aliphatic carbocycles. The van der Waals surface area contributed by atoms with Gasteiger partial charge in [-0.3, -0.25) is 19.7 Å². The smallest absolute Gasteiger partial charge is 0.255 e. The molecule has 1 saturated heterocycles. The maximum Gasteiger partial charge on any atom is 0.255 e. The quantitative estimate of drug-likeness (QED) is 0.382. The lowest BCUT2D eigenvalue weighted by Gasteiger charge is -2.29. The number of hydrogen-bond donors (Lipinski definition) is 1. The Morgan fingerprint density at radius 2 is 1.79 bits per heavy atom. The number of amides is 3. The highest BCUT2D eigenvalue weighted by atomic mass is 16.2. The Morgan fingerprint density at radius 1 is 1.04 bits per heavy atom. The molecule has 3 rings (SSSR count). The van der Waals surface area contributed by atoms with Gasteiger partial charge in [-0.15, -0.1) is 0 Å². The van der Waals surface area contributed by atoms with E-state index < -0.39 is 6.04 Å². The Kier molecular flexibility index (Phi) is 6.95. The van der Waals surface area contributed by atoms with Crippen molar-refractivity contribution in [1.82, 2.24) is 10.2 Å². The number of rotatable bonds is 10. The number of carbonyl (C=O) groups excluding carboxylic acids is 4. The zero-order chi connectivity index (χ0) is 19.9. The molecule has 150 valence electrons. The molecule has 0 saturated carbocycles. The highest BCUT2D eigenvalue weighted by Gasteiger charge is 2.39. The SMILES string of the molecule is O=CCCCCCCCCc1cccc2c1CN(C1CCC(=O)NC1=O)C2=O. The van der Waals surface area contributed by atoms with Crippen molar-refractivity contribution in [3.05, 3.63) is 34.9 Å². The zero-order valence-corrected chi connectivity index (χ0v) is 16.2. The van der Waals surface area contributed by atoms with Gasteiger partial charge < -0.3 is 9.69 Å². The van der Waals surface area contributed by atoms with Crippen LogP contribution in [0.25, 0.3) is 0 Å². The predicted octanol–water partition coefficient (Wildman–Crippen LogP) is 2.92. The minimum atomic E-state index is -0.559. The van der Waals surface area contributed by atoms with E-state index in [0.29, 0.717) is 24.9 Å². The molecule has 0 aromatic heterocycles. The van der Waals surface area contributed by atoms with Crippen LogP contribution in [-0.2, 0) is 27.3 Å². The van der Waals surface area contributed by atoms with Crippen LogP contribution in [0, 0.1) is 0 Å². The second-order valence-electron chi connectivity index (χ2n) is 7.67. The van der Waals surface area contributed by atoms with Crippen molar-refractivity contribution >= 4 is 24.0 Å². The summed E-state index contributed by atoms with van der Waals surface area (Å²) in [6.07, 6.45) is 9.84. The first-order valence-corrected chi connectivity index (χ1v) is 10.3. The van der Waals surface area contributed by atoms with E-state index in [9.17, 15) is 19.2 Å². The molecule has 2 aliphatic rings. The van der Waals surface area contributed by atoms with Gasteiger partial charge in [0.1, 0.15) is 12.3 Å². The summed E-state index contributed by atoms with van der Waals surface area (Å²) in [6.45, 7) is 0.447. The van der Waals surface area contributed by atoms with Gasteiger partial charge in [0.25, 0.3) is 5.91 Å². The van der Waals surface area contributed by atoms with Crippen molar-refractivity contribution in [2.75, 3.05) is 0 Å². The highest BCUT2D eigenvalue weighted by molar-refractivity contribution is 6.05. The van der Waals surface area contributed by atoms with E-state index in [1.165, 1.54) is 5.56 Å². The van der Waals surface area contributed by atoms with Gasteiger partial charge in [0, 0.05) is 24.9 Å². The number of piperidine rings is 1. The molecule has 0 bridgehead atoms. The summed E-state index contributed by atoms with van der Waals surface area (Å²) < 4.78 is 0. The number of nitrogens with zero attached hydrogens (tertiary/aromatic N) is 1. The average molecular weight is 384 g/mol. The van der Waals surface area contributed by atoms with Crippen molar-refractivity contribution in [1.29, 1.82) is 0 Å². The fourth-order valence-electron chi connectivity index (χ4n) is 4.13. The minimum absolute atomic E-state index is 0.110. The lowest BCUT2D eigenvalue weighted by molar-refractivity contribution is -0.136. The molecule has 28 heavy (non-hydrogen) atoms. The number of benzene rings is 1. The van der Waals surface area contributed by atoms with Crippen molar-refractivity contribution < 1.29 is 19.2 Å². The second kappa shape index (κ2) is 9.62. The van der Waals surface area contributed by atoms with Gasteiger partial charge in [0.05, 0.1) is 0 Å². The van der Waals surface area contributed by atoms with Crippen LogP contribution >= 0.6 is 0 Å². The molecule has 6 heteroatoms. The van der Waals surface area contributed by atoms with Crippen LogP contribution in [0.5, 0.6) is 0 Å². The normalized spacial score (nSPS) is 18.9. The van der Waals surface area contributed by atoms with Gasteiger partial charge in [-0.05, 0) is 42.9 Å². The Labute approximate surface area is 165 Å². The molecule has 1 atom stereocenters. The van der Waals surface area contributed by atoms with Crippen LogP contribution in [0.2, 0.25) is 0 Å². The molecule has 1 N–H and O–H groups in total. The number of carbonyl (C=O) groups is 4. The monoisotopic (exact) mass is 384 g/mol. The molecule has 1 aromatic carbocycles. The lowest BCUT2D eigenvalue weighted by atomic mass is 9.98. The first-order chi connectivity index (χ1) is 13.6. The third-order valence-corrected chi connectivity index (χ3v) is 5.70. The fourth-order valence-corrected chi connectivity index (χ4v) is 4.13. The molecule has 3 amide bonds. The number of unbranched alkanes of at least 4 members (excludes halogenated alkanes) is 6. The first kappa shape index (κ1) is 20.2. The van der Waals surface area contributed by atoms with E-state index in [2.05, 4.69) is 11.4 Å². The summed E-state index contributed by atoms with van der Waals surface area (Å²) in [7, 11) is 0. The summed E-state index contributed by atoms with van der Waals surface area (Å²) in [6, 6.07) is 5.26. The fraction of sp³-hybridized carbons (Fsp3) is 0.545. The van der Waals surface area contributed by atoms with Crippen molar-refractivity contribution in [3.8, 4) is 0 Å². The molecule has 0 radical (unpaired) electrons. The third-order valence-electron chi connectivity index (χ3n) is 5.70. The molecule has 2 heterocycles. The van der Waals surface area contributed by atoms with Gasteiger partial charge in [-0.25, -0.2) is 0 Å². The third kappa shape index (κ3) is 4.66. The predicted molar refractivity (Wildman–Crippen MR) is 105 cm³/mol. The van der Waals surface area contributed by atoms with E-state index in [1.54, 1.807) is 4.90 Å². The summed E-state index contributed by atoms with van der Waals surface area (Å²) in [5, 5.41) is 2.34. The number of aryl methyl sites for hydroxylation is 1. The van der Waals surface area contributed by atoms with Crippen LogP contribution < -0.4 is 5.32 Å². The standard InChI is InChI=1S/C22H28N2O4/c25-14-7-5-3-1-2-4-6-9-16-10-8-11-17-18(16)15-24(22(17)28)19-12-13-20(26)23-21(19)27/h8,10-11,14,19H,1-7,9,12-13,15H2,(H,23,26,27). The van der Waals surface area contributed by atoms with Crippen molar-refractivity contribution in [2.24, 2.45) is 0 Å². The van der Waals surface area contributed by atoms with Gasteiger partial charge in [-0.1, -0.05) is 37.8 Å². The molecule has 0 spiro atoms. The van der Waals surface area contributed by atoms with E-state index in [-0.39, 0.29) is 24.1 Å². The van der Waals surface area contributed by atoms with E-state index in [1.807, 2.05) is 12.1 Å². The first-order valence-electron chi connectivity index (χ1n) is 10.3. The van der Waals surface area contributed by atoms with Crippen LogP contribution in [0.3, 0.4) is 0 Å². The maximum atomic E-state index is 12.8. The minimum Gasteiger partial charge on any atom is -0.322 e. The number of aldehydes is 1. The Morgan fingerprint density at radius 3 is 2.54 bits per heavy atom. The largest absolute Gasteiger partial charge is 0.322 e. The summed E-state index contributed by atoms with van der Waals surface area (Å²) in [5.41, 5.74) is 2.90. The Hall–Kier alpha value is -2.50. The number of fused-ring (bicyclic) bond motifs is 1. The zero-order valence-electron chi connectivity index (χ0n) is 16.2. The summed E-state index contributed by atoms with van der Waals surface area (Å²) in [5.74, 6) is -0.743. The number of nitrogens with one attached hydrogen (secondary N) is 1. The Bertz CT molecular complexity index is 759. The van der Waals surface area contributed by atoms with Crippen LogP contribution in [0.15, 0.2) is 18.2 Å². The molecular weight excluding hydrogens is 356 g/mol. The van der Waals surface area contributed by atoms with Gasteiger partial charge >= 0.3 is 0 Å². The maximum absolute atomic E-state index is 12.8. The van der Waals surface area contributed by atoms with Gasteiger partial charge in [0.15, 0.2) is 0 Å². The van der Waals surface area contributed by atoms with E-state index in [4.69, 9.17) is 0 Å². The average Bonchev–Trinajstić information content (AvgIpc) is 3.01. The number of hydrogen-bond acceptors (Lipinski definition) is 4. The molecule has 1 fully saturated rings. The van der Waals surface area contributed by atoms with Gasteiger partial charge in [-0.2, -0.15) is 0 Å². The van der Waals surface area contributed by atoms with Gasteiger partial charge in [0.2, 0.25) is 11.8 Å². The molecule has 6 nitrogen and oxygen atoms in total. The topological polar surface area (TPSA) is 83.6 Å². The van der Waals surface area contributed by atoms with Crippen LogP contribution in [0.4, 0.5) is 0 Å². The summed E-state index contributed by atoms with van der Waals surface area (Å²) >= 11 is 0. The summed E-state index contributed by atoms with van der Waals surface area (Å²) in [4.78, 5) is 48.3. The molecule has 1 unspecified atom stereocenters. The van der Waals surface area contributed by atoms with Crippen LogP contribution in [-0.4, -0.2) is 34.9 Å². The molecule has 2 aliphatic heterocycles. The highest BCUT2D eigenvalue weighted by Crippen LogP contribution is 2.30. The van der Waals surface area contributed by atoms with Crippen molar-refractivity contribution in [3.63, 3.8) is 0 Å². The van der Waals surface area contributed by atoms with E-state index >= 15 is 0 Å². The van der Waals surface area contributed by atoms with Crippen LogP contribution in [0.1, 0.15) is 79.3 Å². The van der Waals surface area contributed by atoms with E-state index in [0.717, 1.165) is 56.8 Å². The molecular formula is C22H28N2O4. The Balaban J connectivity index is 1.54.